The van der Waals surface area contributed by atoms with Gasteiger partial charge in [-0.15, -0.1) is 0 Å². The summed E-state index contributed by atoms with van der Waals surface area (Å²) >= 11 is 0. The molecule has 0 saturated carbocycles. The maximum atomic E-state index is 12.2. The van der Waals surface area contributed by atoms with E-state index in [0.717, 1.165) is 25.8 Å². The lowest BCUT2D eigenvalue weighted by atomic mass is 10.0. The minimum atomic E-state index is -2.91. The van der Waals surface area contributed by atoms with Crippen LogP contribution >= 0.6 is 0 Å². The summed E-state index contributed by atoms with van der Waals surface area (Å²) < 4.78 is 28.9. The second-order valence-electron chi connectivity index (χ2n) is 4.37. The number of para-hydroxylation sites is 2. The Kier molecular flexibility index (Phi) is 4.68. The number of piperidine rings is 1. The van der Waals surface area contributed by atoms with Crippen molar-refractivity contribution in [3.05, 3.63) is 24.3 Å². The highest BCUT2D eigenvalue weighted by molar-refractivity contribution is 5.96. The first-order valence-corrected chi connectivity index (χ1v) is 6.25. The van der Waals surface area contributed by atoms with Crippen LogP contribution in [0.4, 0.5) is 14.5 Å². The van der Waals surface area contributed by atoms with Crippen molar-refractivity contribution in [1.29, 1.82) is 0 Å². The Morgan fingerprint density at radius 2 is 2.16 bits per heavy atom. The highest BCUT2D eigenvalue weighted by Crippen LogP contribution is 2.25. The van der Waals surface area contributed by atoms with Crippen LogP contribution < -0.4 is 15.4 Å². The van der Waals surface area contributed by atoms with E-state index < -0.39 is 6.61 Å². The molecule has 6 heteroatoms. The van der Waals surface area contributed by atoms with Crippen molar-refractivity contribution in [3.63, 3.8) is 0 Å². The molecule has 1 aliphatic rings. The molecule has 2 N–H and O–H groups in total. The molecule has 1 unspecified atom stereocenters. The molecule has 1 saturated heterocycles. The summed E-state index contributed by atoms with van der Waals surface area (Å²) in [6.07, 6.45) is 2.79. The van der Waals surface area contributed by atoms with E-state index in [1.165, 1.54) is 6.07 Å². The van der Waals surface area contributed by atoms with Crippen molar-refractivity contribution >= 4 is 11.6 Å². The smallest absolute Gasteiger partial charge is 0.387 e. The van der Waals surface area contributed by atoms with Gasteiger partial charge in [0, 0.05) is 0 Å². The SMILES string of the molecule is O=C(Nc1ccccc1OC(F)F)C1CCCCN1. The predicted molar refractivity (Wildman–Crippen MR) is 67.3 cm³/mol. The van der Waals surface area contributed by atoms with Gasteiger partial charge in [0.15, 0.2) is 0 Å². The standard InChI is InChI=1S/C13H16F2N2O2/c14-13(15)19-11-7-2-1-5-9(11)17-12(18)10-6-3-4-8-16-10/h1-2,5,7,10,13,16H,3-4,6,8H2,(H,17,18). The number of halogens is 2. The number of hydrogen-bond donors (Lipinski definition) is 2. The van der Waals surface area contributed by atoms with Gasteiger partial charge < -0.3 is 15.4 Å². The lowest BCUT2D eigenvalue weighted by Gasteiger charge is -2.23. The quantitative estimate of drug-likeness (QED) is 0.883. The lowest BCUT2D eigenvalue weighted by molar-refractivity contribution is -0.118. The Morgan fingerprint density at radius 3 is 2.84 bits per heavy atom. The van der Waals surface area contributed by atoms with E-state index >= 15 is 0 Å². The van der Waals surface area contributed by atoms with Gasteiger partial charge in [0.2, 0.25) is 5.91 Å². The summed E-state index contributed by atoms with van der Waals surface area (Å²) in [4.78, 5) is 12.0. The van der Waals surface area contributed by atoms with Crippen LogP contribution in [0.25, 0.3) is 0 Å². The molecule has 0 spiro atoms. The third kappa shape index (κ3) is 3.89. The Balaban J connectivity index is 2.03. The number of carbonyl (C=O) groups is 1. The Hall–Kier alpha value is -1.69. The van der Waals surface area contributed by atoms with E-state index in [-0.39, 0.29) is 23.4 Å². The third-order valence-electron chi connectivity index (χ3n) is 2.99. The monoisotopic (exact) mass is 270 g/mol. The second kappa shape index (κ2) is 6.47. The molecule has 1 fully saturated rings. The molecular weight excluding hydrogens is 254 g/mol. The van der Waals surface area contributed by atoms with Gasteiger partial charge in [-0.25, -0.2) is 0 Å². The first kappa shape index (κ1) is 13.7. The zero-order valence-electron chi connectivity index (χ0n) is 10.4. The maximum absolute atomic E-state index is 12.2. The number of rotatable bonds is 4. The lowest BCUT2D eigenvalue weighted by Crippen LogP contribution is -2.43. The molecule has 0 aromatic heterocycles. The number of alkyl halides is 2. The summed E-state index contributed by atoms with van der Waals surface area (Å²) in [5.41, 5.74) is 0.264. The Morgan fingerprint density at radius 1 is 1.37 bits per heavy atom. The average molecular weight is 270 g/mol. The fourth-order valence-electron chi connectivity index (χ4n) is 2.06. The molecule has 0 bridgehead atoms. The molecule has 104 valence electrons. The topological polar surface area (TPSA) is 50.4 Å². The summed E-state index contributed by atoms with van der Waals surface area (Å²) in [6, 6.07) is 5.90. The van der Waals surface area contributed by atoms with E-state index in [4.69, 9.17) is 0 Å². The van der Waals surface area contributed by atoms with Crippen molar-refractivity contribution in [1.82, 2.24) is 5.32 Å². The van der Waals surface area contributed by atoms with E-state index in [2.05, 4.69) is 15.4 Å². The number of benzene rings is 1. The van der Waals surface area contributed by atoms with Crippen LogP contribution in [0.2, 0.25) is 0 Å². The Bertz CT molecular complexity index is 434. The normalized spacial score (nSPS) is 19.2. The van der Waals surface area contributed by atoms with Gasteiger partial charge in [-0.2, -0.15) is 8.78 Å². The molecule has 2 rings (SSSR count). The molecular formula is C13H16F2N2O2. The first-order valence-electron chi connectivity index (χ1n) is 6.25. The zero-order chi connectivity index (χ0) is 13.7. The molecule has 1 aromatic rings. The third-order valence-corrected chi connectivity index (χ3v) is 2.99. The molecule has 1 aromatic carbocycles. The molecule has 1 heterocycles. The van der Waals surface area contributed by atoms with Crippen LogP contribution in [0.3, 0.4) is 0 Å². The molecule has 1 atom stereocenters. The van der Waals surface area contributed by atoms with Crippen LogP contribution in [0.15, 0.2) is 24.3 Å². The van der Waals surface area contributed by atoms with Crippen molar-refractivity contribution < 1.29 is 18.3 Å². The van der Waals surface area contributed by atoms with Gasteiger partial charge in [0.1, 0.15) is 5.75 Å². The van der Waals surface area contributed by atoms with E-state index in [9.17, 15) is 13.6 Å². The molecule has 19 heavy (non-hydrogen) atoms. The average Bonchev–Trinajstić information content (AvgIpc) is 2.41. The molecule has 1 aliphatic heterocycles. The van der Waals surface area contributed by atoms with E-state index in [0.29, 0.717) is 0 Å². The summed E-state index contributed by atoms with van der Waals surface area (Å²) in [5.74, 6) is -0.244. The highest BCUT2D eigenvalue weighted by atomic mass is 19.3. The maximum Gasteiger partial charge on any atom is 0.387 e. The van der Waals surface area contributed by atoms with E-state index in [1.807, 2.05) is 0 Å². The number of ether oxygens (including phenoxy) is 1. The minimum absolute atomic E-state index is 0.0262. The molecule has 0 radical (unpaired) electrons. The van der Waals surface area contributed by atoms with Gasteiger partial charge in [0.05, 0.1) is 11.7 Å². The number of anilines is 1. The Labute approximate surface area is 110 Å². The van der Waals surface area contributed by atoms with Crippen LogP contribution in [0.5, 0.6) is 5.75 Å². The predicted octanol–water partition coefficient (Wildman–Crippen LogP) is 2.37. The van der Waals surface area contributed by atoms with Crippen molar-refractivity contribution in [3.8, 4) is 5.75 Å². The van der Waals surface area contributed by atoms with Crippen molar-refractivity contribution in [2.75, 3.05) is 11.9 Å². The van der Waals surface area contributed by atoms with Crippen LogP contribution in [0.1, 0.15) is 19.3 Å². The molecule has 1 amide bonds. The molecule has 0 aliphatic carbocycles. The fourth-order valence-corrected chi connectivity index (χ4v) is 2.06. The second-order valence-corrected chi connectivity index (χ2v) is 4.37. The van der Waals surface area contributed by atoms with Gasteiger partial charge in [-0.3, -0.25) is 4.79 Å². The fraction of sp³-hybridized carbons (Fsp3) is 0.462. The van der Waals surface area contributed by atoms with Crippen LogP contribution in [-0.4, -0.2) is 25.1 Å². The van der Waals surface area contributed by atoms with Crippen molar-refractivity contribution in [2.24, 2.45) is 0 Å². The number of nitrogens with one attached hydrogen (secondary N) is 2. The van der Waals surface area contributed by atoms with Crippen LogP contribution in [-0.2, 0) is 4.79 Å². The number of hydrogen-bond acceptors (Lipinski definition) is 3. The number of carbonyl (C=O) groups excluding carboxylic acids is 1. The first-order chi connectivity index (χ1) is 9.16. The molecule has 4 nitrogen and oxygen atoms in total. The summed E-state index contributed by atoms with van der Waals surface area (Å²) in [5, 5.41) is 5.72. The van der Waals surface area contributed by atoms with Gasteiger partial charge in [0.25, 0.3) is 0 Å². The largest absolute Gasteiger partial charge is 0.433 e. The highest BCUT2D eigenvalue weighted by Gasteiger charge is 2.21. The van der Waals surface area contributed by atoms with E-state index in [1.54, 1.807) is 18.2 Å². The zero-order valence-corrected chi connectivity index (χ0v) is 10.4. The summed E-state index contributed by atoms with van der Waals surface area (Å²) in [7, 11) is 0. The number of amides is 1. The van der Waals surface area contributed by atoms with Crippen LogP contribution in [0, 0.1) is 0 Å². The minimum Gasteiger partial charge on any atom is -0.433 e. The van der Waals surface area contributed by atoms with Crippen molar-refractivity contribution in [2.45, 2.75) is 31.9 Å². The van der Waals surface area contributed by atoms with Gasteiger partial charge in [-0.05, 0) is 31.5 Å². The van der Waals surface area contributed by atoms with Gasteiger partial charge in [-0.1, -0.05) is 18.6 Å². The summed E-state index contributed by atoms with van der Waals surface area (Å²) in [6.45, 7) is -2.11. The van der Waals surface area contributed by atoms with Gasteiger partial charge >= 0.3 is 6.61 Å².